The van der Waals surface area contributed by atoms with E-state index in [1.807, 2.05) is 6.92 Å². The number of amides is 4. The maximum atomic E-state index is 14.7. The summed E-state index contributed by atoms with van der Waals surface area (Å²) in [6, 6.07) is 0. The minimum absolute atomic E-state index is 0.00719. The molecule has 0 aromatic rings. The van der Waals surface area contributed by atoms with Gasteiger partial charge in [-0.2, -0.15) is 0 Å². The van der Waals surface area contributed by atoms with Gasteiger partial charge in [0.1, 0.15) is 0 Å². The Kier molecular flexibility index (Phi) is 19.6. The van der Waals surface area contributed by atoms with Gasteiger partial charge in [0.2, 0.25) is 23.6 Å². The summed E-state index contributed by atoms with van der Waals surface area (Å²) in [5, 5.41) is 0. The Labute approximate surface area is 364 Å². The fourth-order valence-corrected chi connectivity index (χ4v) is 12.2. The number of unbranched alkanes of at least 4 members (excludes halogenated alkanes) is 5. The van der Waals surface area contributed by atoms with Crippen molar-refractivity contribution >= 4 is 40.8 Å². The van der Waals surface area contributed by atoms with Crippen molar-refractivity contribution in [2.75, 3.05) is 19.6 Å². The van der Waals surface area contributed by atoms with E-state index in [2.05, 4.69) is 91.6 Å². The van der Waals surface area contributed by atoms with Crippen molar-refractivity contribution in [3.8, 4) is 0 Å². The molecule has 0 aromatic carbocycles. The van der Waals surface area contributed by atoms with Crippen LogP contribution in [0, 0.1) is 47.3 Å². The first-order valence-electron chi connectivity index (χ1n) is 23.3. The Bertz CT molecular complexity index is 1930. The third kappa shape index (κ3) is 12.8. The first-order chi connectivity index (χ1) is 29.2. The van der Waals surface area contributed by atoms with Crippen LogP contribution in [0.4, 0.5) is 0 Å². The molecule has 60 heavy (non-hydrogen) atoms. The number of carbonyl (C=O) groups is 4. The number of carbonyl (C=O) groups excluding carboxylic acids is 4. The molecule has 3 heterocycles. The van der Waals surface area contributed by atoms with Crippen LogP contribution in [-0.2, 0) is 19.2 Å². The van der Waals surface area contributed by atoms with E-state index in [1.54, 1.807) is 4.90 Å². The van der Waals surface area contributed by atoms with Crippen LogP contribution in [0.5, 0.6) is 0 Å². The molecule has 5 rings (SSSR count). The molecule has 0 spiro atoms. The van der Waals surface area contributed by atoms with Gasteiger partial charge in [-0.05, 0) is 120 Å². The summed E-state index contributed by atoms with van der Waals surface area (Å²) in [7, 11) is 3.51. The van der Waals surface area contributed by atoms with E-state index in [4.69, 9.17) is 0 Å². The lowest BCUT2D eigenvalue weighted by Gasteiger charge is -2.35. The second-order valence-electron chi connectivity index (χ2n) is 18.2. The van der Waals surface area contributed by atoms with Crippen LogP contribution in [0.3, 0.4) is 0 Å². The van der Waals surface area contributed by atoms with Gasteiger partial charge in [-0.1, -0.05) is 131 Å². The fraction of sp³-hybridized carbons (Fsp3) is 0.686. The van der Waals surface area contributed by atoms with Crippen LogP contribution >= 0.6 is 17.2 Å². The maximum absolute atomic E-state index is 14.7. The maximum Gasteiger partial charge on any atom is 0.239 e. The monoisotopic (exact) mass is 849 g/mol. The predicted octanol–water partition coefficient (Wildman–Crippen LogP) is 10.7. The van der Waals surface area contributed by atoms with Gasteiger partial charge in [0, 0.05) is 25.6 Å². The molecule has 5 fully saturated rings. The highest BCUT2D eigenvalue weighted by Gasteiger charge is 2.52. The molecule has 7 nitrogen and oxygen atoms in total. The molecular formula is C51H69N3O4P2. The van der Waals surface area contributed by atoms with Crippen molar-refractivity contribution in [2.45, 2.75) is 155 Å². The average molecular weight is 850 g/mol. The minimum Gasteiger partial charge on any atom is -0.350 e. The highest BCUT2D eigenvalue weighted by atomic mass is 32.0. The van der Waals surface area contributed by atoms with Crippen molar-refractivity contribution < 1.29 is 19.2 Å². The second-order valence-corrected chi connectivity index (χ2v) is 20.3. The molecule has 0 radical (unpaired) electrons. The molecule has 2 aliphatic carbocycles. The predicted molar refractivity (Wildman–Crippen MR) is 244 cm³/mol. The van der Waals surface area contributed by atoms with E-state index in [0.717, 1.165) is 64.3 Å². The molecule has 3 aliphatic heterocycles. The molecular weight excluding hydrogens is 781 g/mol. The molecule has 3 saturated heterocycles. The largest absolute Gasteiger partial charge is 0.350 e. The van der Waals surface area contributed by atoms with Gasteiger partial charge in [0.15, 0.2) is 5.82 Å². The van der Waals surface area contributed by atoms with Crippen LogP contribution in [0.15, 0.2) is 69.7 Å². The summed E-state index contributed by atoms with van der Waals surface area (Å²) in [6.45, 7) is 11.8. The summed E-state index contributed by atoms with van der Waals surface area (Å²) < 4.78 is 0. The standard InChI is InChI=1S/C51H69N3O4P2/c1-5-7-9-11-13-14-15-16-24-30-47(52-33-31-43(37-52)60-59)54-48(55)39(4)44(51(54)58)35-42(41-28-22-19-23-29-41)36-46-45(34-38(3)40-26-20-18-21-27-40)49(56)53(50(46)57)32-25-17-12-10-8-6-2/h38-46,60H,1,6,8,10,12,17-23,25-29,31-37,59H2,2-4H3. The van der Waals surface area contributed by atoms with Crippen molar-refractivity contribution in [2.24, 2.45) is 47.3 Å². The van der Waals surface area contributed by atoms with Crippen molar-refractivity contribution in [3.63, 3.8) is 0 Å². The van der Waals surface area contributed by atoms with Gasteiger partial charge in [0.05, 0.1) is 17.8 Å². The number of rotatable bonds is 18. The lowest BCUT2D eigenvalue weighted by molar-refractivity contribution is -0.141. The molecule has 4 amide bonds. The van der Waals surface area contributed by atoms with Gasteiger partial charge in [-0.25, -0.2) is 4.90 Å². The summed E-state index contributed by atoms with van der Waals surface area (Å²) in [4.78, 5) is 63.0. The van der Waals surface area contributed by atoms with Crippen LogP contribution in [-0.4, -0.2) is 63.6 Å². The lowest BCUT2D eigenvalue weighted by Crippen LogP contribution is -2.39. The smallest absolute Gasteiger partial charge is 0.239 e. The Morgan fingerprint density at radius 3 is 1.88 bits per heavy atom. The van der Waals surface area contributed by atoms with Gasteiger partial charge in [-0.3, -0.25) is 24.1 Å². The zero-order chi connectivity index (χ0) is 42.9. The number of imide groups is 2. The van der Waals surface area contributed by atoms with Crippen LogP contribution < -0.4 is 0 Å². The van der Waals surface area contributed by atoms with E-state index >= 15 is 0 Å². The zero-order valence-electron chi connectivity index (χ0n) is 36.7. The SMILES string of the molecule is C=C=C=C=C=C=C=C=C=C=C=C(N1CCC(PP)C1)N1C(=O)C(C)C(CC(CC2C(=O)N(CCCCCCCC)C(=O)C2CC(C)C2CCCCC2)C2CCCCC2)C1=O. The number of hydrogen-bond donors (Lipinski definition) is 0. The highest BCUT2D eigenvalue weighted by Crippen LogP contribution is 2.47. The van der Waals surface area contributed by atoms with Crippen molar-refractivity contribution in [1.29, 1.82) is 0 Å². The van der Waals surface area contributed by atoms with Gasteiger partial charge < -0.3 is 4.90 Å². The van der Waals surface area contributed by atoms with Crippen LogP contribution in [0.1, 0.15) is 149 Å². The molecule has 9 heteroatoms. The molecule has 322 valence electrons. The Hall–Kier alpha value is -3.52. The Morgan fingerprint density at radius 2 is 1.27 bits per heavy atom. The minimum atomic E-state index is -0.522. The lowest BCUT2D eigenvalue weighted by atomic mass is 9.68. The number of nitrogens with zero attached hydrogens (tertiary/aromatic N) is 3. The molecule has 9 unspecified atom stereocenters. The third-order valence-corrected chi connectivity index (χ3v) is 16.6. The topological polar surface area (TPSA) is 78.0 Å². The normalized spacial score (nSPS) is 25.7. The van der Waals surface area contributed by atoms with E-state index < -0.39 is 11.8 Å². The number of likely N-dealkylation sites (tertiary alicyclic amines) is 3. The Morgan fingerprint density at radius 1 is 0.700 bits per heavy atom. The summed E-state index contributed by atoms with van der Waals surface area (Å²) in [5.74, 6) is -0.302. The fourth-order valence-electron chi connectivity index (χ4n) is 10.8. The zero-order valence-corrected chi connectivity index (χ0v) is 38.9. The van der Waals surface area contributed by atoms with Gasteiger partial charge >= 0.3 is 0 Å². The summed E-state index contributed by atoms with van der Waals surface area (Å²) in [6.07, 6.45) is 21.3. The molecule has 0 aromatic heterocycles. The van der Waals surface area contributed by atoms with E-state index in [1.165, 1.54) is 62.7 Å². The van der Waals surface area contributed by atoms with Crippen molar-refractivity contribution in [3.05, 3.63) is 69.7 Å². The molecule has 0 bridgehead atoms. The van der Waals surface area contributed by atoms with Gasteiger partial charge in [0.25, 0.3) is 0 Å². The third-order valence-electron chi connectivity index (χ3n) is 14.3. The van der Waals surface area contributed by atoms with Crippen LogP contribution in [0.25, 0.3) is 0 Å². The molecule has 2 saturated carbocycles. The van der Waals surface area contributed by atoms with E-state index in [0.29, 0.717) is 63.4 Å². The molecule has 9 atom stereocenters. The number of hydrogen-bond acceptors (Lipinski definition) is 5. The first-order valence-corrected chi connectivity index (χ1v) is 26.2. The first kappa shape index (κ1) is 47.5. The van der Waals surface area contributed by atoms with Gasteiger partial charge in [-0.15, -0.1) is 8.93 Å². The molecule has 5 aliphatic rings. The van der Waals surface area contributed by atoms with Crippen molar-refractivity contribution in [1.82, 2.24) is 14.7 Å². The summed E-state index contributed by atoms with van der Waals surface area (Å²) >= 11 is 0. The van der Waals surface area contributed by atoms with E-state index in [-0.39, 0.29) is 41.4 Å². The second kappa shape index (κ2) is 24.8. The highest BCUT2D eigenvalue weighted by molar-refractivity contribution is 8.03. The quantitative estimate of drug-likeness (QED) is 0.0594. The molecule has 0 N–H and O–H groups in total. The summed E-state index contributed by atoms with van der Waals surface area (Å²) in [5.41, 5.74) is 27.3. The Balaban J connectivity index is 1.45. The average Bonchev–Trinajstić information content (AvgIpc) is 3.89. The van der Waals surface area contributed by atoms with Crippen LogP contribution in [0.2, 0.25) is 0 Å². The van der Waals surface area contributed by atoms with E-state index in [9.17, 15) is 19.2 Å².